The molecule has 8 aliphatic carbocycles. The summed E-state index contributed by atoms with van der Waals surface area (Å²) < 4.78 is 0. The molecule has 8 aliphatic rings. The van der Waals surface area contributed by atoms with Crippen LogP contribution in [0.5, 0.6) is 0 Å². The summed E-state index contributed by atoms with van der Waals surface area (Å²) in [7, 11) is 0. The fraction of sp³-hybridized carbons (Fsp3) is 0.400. The maximum Gasteiger partial charge on any atom is -0.00328 e. The van der Waals surface area contributed by atoms with Crippen molar-refractivity contribution >= 4 is 36.5 Å². The van der Waals surface area contributed by atoms with Gasteiger partial charge in [-0.25, -0.2) is 0 Å². The van der Waals surface area contributed by atoms with Crippen LogP contribution in [-0.2, 0) is 21.7 Å². The van der Waals surface area contributed by atoms with E-state index in [4.69, 9.17) is 0 Å². The largest absolute Gasteiger partial charge is 0.0984 e. The standard InChI is InChI=1S/C50H54/c1-7-37-19-43(20-38(8-2)45(37)11-5)49-27-33-17-34(28-49)24-47(23-33,31-49)41-13-15-42(16-14-41)48-25-35-18-36(26-48)30-50(29-35,32-48)44-21-39(9-3)46(12-6)40(10-4)22-44/h7-16,19-22,33-36H,1-6,17-18,23-32H2. The van der Waals surface area contributed by atoms with E-state index in [-0.39, 0.29) is 21.7 Å². The third-order valence-corrected chi connectivity index (χ3v) is 15.2. The summed E-state index contributed by atoms with van der Waals surface area (Å²) in [6.07, 6.45) is 28.1. The van der Waals surface area contributed by atoms with Gasteiger partial charge in [0.1, 0.15) is 0 Å². The minimum absolute atomic E-state index is 0.236. The quantitative estimate of drug-likeness (QED) is 0.204. The fourth-order valence-corrected chi connectivity index (χ4v) is 14.2. The van der Waals surface area contributed by atoms with Gasteiger partial charge in [-0.05, 0) is 178 Å². The molecule has 0 heterocycles. The van der Waals surface area contributed by atoms with Gasteiger partial charge in [-0.3, -0.25) is 0 Å². The minimum atomic E-state index is 0.236. The van der Waals surface area contributed by atoms with Crippen molar-refractivity contribution in [2.45, 2.75) is 98.7 Å². The fourth-order valence-electron chi connectivity index (χ4n) is 14.2. The van der Waals surface area contributed by atoms with Crippen LogP contribution in [0.15, 0.2) is 88.0 Å². The monoisotopic (exact) mass is 654 g/mol. The number of hydrogen-bond acceptors (Lipinski definition) is 0. The molecule has 0 N–H and O–H groups in total. The van der Waals surface area contributed by atoms with Crippen molar-refractivity contribution in [2.75, 3.05) is 0 Å². The number of rotatable bonds is 10. The zero-order valence-electron chi connectivity index (χ0n) is 30.1. The topological polar surface area (TPSA) is 0 Å². The van der Waals surface area contributed by atoms with Gasteiger partial charge in [0.05, 0.1) is 0 Å². The van der Waals surface area contributed by atoms with Crippen LogP contribution in [0.1, 0.15) is 133 Å². The van der Waals surface area contributed by atoms with E-state index in [9.17, 15) is 0 Å². The molecule has 8 bridgehead atoms. The normalized spacial score (nSPS) is 35.8. The summed E-state index contributed by atoms with van der Waals surface area (Å²) in [5.74, 6) is 3.24. The Bertz CT molecular complexity index is 1730. The van der Waals surface area contributed by atoms with Crippen LogP contribution in [-0.4, -0.2) is 0 Å². The second-order valence-electron chi connectivity index (χ2n) is 18.0. The predicted octanol–water partition coefficient (Wildman–Crippen LogP) is 13.1. The Kier molecular flexibility index (Phi) is 7.24. The lowest BCUT2D eigenvalue weighted by atomic mass is 9.41. The van der Waals surface area contributed by atoms with E-state index < -0.39 is 0 Å². The van der Waals surface area contributed by atoms with Crippen molar-refractivity contribution in [3.63, 3.8) is 0 Å². The zero-order valence-corrected chi connectivity index (χ0v) is 30.1. The molecule has 8 saturated carbocycles. The lowest BCUT2D eigenvalue weighted by Gasteiger charge is -2.63. The molecule has 0 radical (unpaired) electrons. The highest BCUT2D eigenvalue weighted by atomic mass is 14.6. The zero-order chi connectivity index (χ0) is 34.5. The van der Waals surface area contributed by atoms with Gasteiger partial charge in [-0.15, -0.1) is 0 Å². The van der Waals surface area contributed by atoms with Gasteiger partial charge in [0.25, 0.3) is 0 Å². The molecular weight excluding hydrogens is 601 g/mol. The van der Waals surface area contributed by atoms with Crippen LogP contribution in [0.2, 0.25) is 0 Å². The van der Waals surface area contributed by atoms with Gasteiger partial charge in [0.15, 0.2) is 0 Å². The summed E-state index contributed by atoms with van der Waals surface area (Å²) >= 11 is 0. The van der Waals surface area contributed by atoms with Crippen LogP contribution in [0.4, 0.5) is 0 Å². The molecule has 0 spiro atoms. The second-order valence-corrected chi connectivity index (χ2v) is 18.0. The molecule has 0 aromatic heterocycles. The van der Waals surface area contributed by atoms with E-state index in [0.717, 1.165) is 34.8 Å². The van der Waals surface area contributed by atoms with Gasteiger partial charge in [0, 0.05) is 0 Å². The summed E-state index contributed by atoms with van der Waals surface area (Å²) in [4.78, 5) is 0. The van der Waals surface area contributed by atoms with E-state index in [2.05, 4.69) is 88.0 Å². The Balaban J connectivity index is 1.07. The second kappa shape index (κ2) is 11.3. The van der Waals surface area contributed by atoms with Gasteiger partial charge in [-0.2, -0.15) is 0 Å². The van der Waals surface area contributed by atoms with Crippen molar-refractivity contribution in [3.05, 3.63) is 144 Å². The van der Waals surface area contributed by atoms with Gasteiger partial charge >= 0.3 is 0 Å². The average molecular weight is 655 g/mol. The Hall–Kier alpha value is -3.90. The van der Waals surface area contributed by atoms with E-state index in [1.807, 2.05) is 36.5 Å². The third-order valence-electron chi connectivity index (χ3n) is 15.2. The van der Waals surface area contributed by atoms with Crippen molar-refractivity contribution in [1.82, 2.24) is 0 Å². The Morgan fingerprint density at radius 1 is 0.380 bits per heavy atom. The van der Waals surface area contributed by atoms with E-state index in [1.54, 1.807) is 11.1 Å². The molecule has 4 unspecified atom stereocenters. The molecule has 0 saturated heterocycles. The van der Waals surface area contributed by atoms with Crippen LogP contribution in [0.25, 0.3) is 36.5 Å². The summed E-state index contributed by atoms with van der Waals surface area (Å²) in [6.45, 7) is 25.0. The smallest absolute Gasteiger partial charge is 0.00328 e. The molecule has 11 rings (SSSR count). The van der Waals surface area contributed by atoms with Crippen LogP contribution < -0.4 is 0 Å². The van der Waals surface area contributed by atoms with Crippen LogP contribution in [0, 0.1) is 23.7 Å². The predicted molar refractivity (Wildman–Crippen MR) is 216 cm³/mol. The SMILES string of the molecule is C=Cc1cc(C23CC4CC(CC(c5ccc(C67CC8CC(C6)CC(c6cc(C=C)c(C=C)c(C=C)c6)(C8)C7)cc5)(C4)C2)C3)cc(C=C)c1C=C. The molecule has 0 nitrogen and oxygen atoms in total. The molecule has 8 fully saturated rings. The Morgan fingerprint density at radius 2 is 0.640 bits per heavy atom. The van der Waals surface area contributed by atoms with Crippen molar-refractivity contribution in [1.29, 1.82) is 0 Å². The van der Waals surface area contributed by atoms with E-state index >= 15 is 0 Å². The molecule has 4 atom stereocenters. The molecule has 0 aliphatic heterocycles. The minimum Gasteiger partial charge on any atom is -0.0984 e. The number of hydrogen-bond donors (Lipinski definition) is 0. The van der Waals surface area contributed by atoms with Gasteiger partial charge < -0.3 is 0 Å². The molecule has 3 aromatic carbocycles. The first-order valence-electron chi connectivity index (χ1n) is 19.5. The summed E-state index contributed by atoms with van der Waals surface area (Å²) in [5, 5.41) is 0. The van der Waals surface area contributed by atoms with Crippen LogP contribution >= 0.6 is 0 Å². The van der Waals surface area contributed by atoms with Gasteiger partial charge in [0.2, 0.25) is 0 Å². The summed E-state index contributed by atoms with van der Waals surface area (Å²) in [6, 6.07) is 20.2. The van der Waals surface area contributed by atoms with Gasteiger partial charge in [-0.1, -0.05) is 124 Å². The Morgan fingerprint density at radius 3 is 0.880 bits per heavy atom. The maximum absolute atomic E-state index is 4.19. The summed E-state index contributed by atoms with van der Waals surface area (Å²) in [5.41, 5.74) is 14.4. The first-order valence-corrected chi connectivity index (χ1v) is 19.5. The molecule has 3 aromatic rings. The van der Waals surface area contributed by atoms with Crippen molar-refractivity contribution < 1.29 is 0 Å². The molecule has 0 amide bonds. The Labute approximate surface area is 301 Å². The molecule has 0 heteroatoms. The van der Waals surface area contributed by atoms with E-state index in [0.29, 0.717) is 0 Å². The lowest BCUT2D eigenvalue weighted by molar-refractivity contribution is -0.0297. The number of benzene rings is 3. The lowest BCUT2D eigenvalue weighted by Crippen LogP contribution is -2.56. The highest BCUT2D eigenvalue weighted by Crippen LogP contribution is 2.68. The van der Waals surface area contributed by atoms with Crippen LogP contribution in [0.3, 0.4) is 0 Å². The highest BCUT2D eigenvalue weighted by Gasteiger charge is 2.60. The van der Waals surface area contributed by atoms with Crippen molar-refractivity contribution in [3.8, 4) is 0 Å². The molecular formula is C50H54. The van der Waals surface area contributed by atoms with Crippen molar-refractivity contribution in [2.24, 2.45) is 23.7 Å². The molecule has 50 heavy (non-hydrogen) atoms. The third kappa shape index (κ3) is 4.56. The highest BCUT2D eigenvalue weighted by molar-refractivity contribution is 5.75. The first kappa shape index (κ1) is 32.0. The van der Waals surface area contributed by atoms with E-state index in [1.165, 1.54) is 110 Å². The first-order chi connectivity index (χ1) is 24.2. The average Bonchev–Trinajstić information content (AvgIpc) is 3.12. The molecule has 254 valence electrons. The maximum atomic E-state index is 4.19.